The summed E-state index contributed by atoms with van der Waals surface area (Å²) in [5.74, 6) is 0. The van der Waals surface area contributed by atoms with E-state index in [1.165, 1.54) is 117 Å². The van der Waals surface area contributed by atoms with Crippen LogP contribution in [-0.2, 0) is 21.7 Å². The molecule has 0 amide bonds. The monoisotopic (exact) mass is 916 g/mol. The quantitative estimate of drug-likeness (QED) is 0.162. The number of rotatable bonds is 4. The van der Waals surface area contributed by atoms with Crippen LogP contribution < -0.4 is 9.80 Å². The van der Waals surface area contributed by atoms with Gasteiger partial charge in [-0.1, -0.05) is 208 Å². The molecule has 10 aromatic rings. The summed E-state index contributed by atoms with van der Waals surface area (Å²) in [6.07, 6.45) is 0. The van der Waals surface area contributed by atoms with Crippen LogP contribution in [-0.4, -0.2) is 0 Å². The number of hydrogen-bond donors (Lipinski definition) is 0. The van der Waals surface area contributed by atoms with Crippen molar-refractivity contribution in [3.8, 4) is 33.4 Å². The lowest BCUT2D eigenvalue weighted by molar-refractivity contribution is 0.590. The Kier molecular flexibility index (Phi) is 9.26. The van der Waals surface area contributed by atoms with Gasteiger partial charge in [0.25, 0.3) is 0 Å². The number of anilines is 6. The summed E-state index contributed by atoms with van der Waals surface area (Å²) < 4.78 is 0. The van der Waals surface area contributed by atoms with Gasteiger partial charge in [-0.15, -0.1) is 0 Å². The van der Waals surface area contributed by atoms with E-state index in [-0.39, 0.29) is 21.7 Å². The molecule has 0 saturated heterocycles. The van der Waals surface area contributed by atoms with Gasteiger partial charge in [0.2, 0.25) is 0 Å². The lowest BCUT2D eigenvalue weighted by atomic mass is 9.73. The van der Waals surface area contributed by atoms with Gasteiger partial charge in [0.15, 0.2) is 0 Å². The first kappa shape index (κ1) is 43.3. The molecule has 71 heavy (non-hydrogen) atoms. The van der Waals surface area contributed by atoms with E-state index in [1.54, 1.807) is 0 Å². The maximum absolute atomic E-state index is 2.52. The third-order valence-corrected chi connectivity index (χ3v) is 16.8. The summed E-state index contributed by atoms with van der Waals surface area (Å²) in [6, 6.07) is 76.4. The molecule has 1 aliphatic carbocycles. The Hall–Kier alpha value is -7.68. The SMILES string of the molecule is CC(C)(C)c1ccc(-c2c3ccc(N4c5ccccc5C(C)(C)c5ccccc54)cc3c(-c3ccc4c(c3)C(C)(C)c3ccccc3-4)c3ccc(N4c5ccccc5C(C)(C)c5ccccc54)cc23)cc1. The summed E-state index contributed by atoms with van der Waals surface area (Å²) >= 11 is 0. The van der Waals surface area contributed by atoms with Gasteiger partial charge in [0, 0.05) is 27.6 Å². The first-order valence-corrected chi connectivity index (χ1v) is 25.5. The van der Waals surface area contributed by atoms with Gasteiger partial charge < -0.3 is 9.80 Å². The second-order valence-corrected chi connectivity index (χ2v) is 23.0. The van der Waals surface area contributed by atoms with Crippen molar-refractivity contribution in [2.45, 2.75) is 84.0 Å². The van der Waals surface area contributed by atoms with Gasteiger partial charge in [-0.05, 0) is 154 Å². The fraction of sp³-hybridized carbons (Fsp3) is 0.188. The maximum Gasteiger partial charge on any atom is 0.0502 e. The summed E-state index contributed by atoms with van der Waals surface area (Å²) in [7, 11) is 0. The van der Waals surface area contributed by atoms with Gasteiger partial charge >= 0.3 is 0 Å². The number of fused-ring (bicyclic) bond motifs is 9. The average molecular weight is 917 g/mol. The molecule has 3 aliphatic rings. The van der Waals surface area contributed by atoms with Gasteiger partial charge in [0.1, 0.15) is 0 Å². The van der Waals surface area contributed by atoms with Crippen LogP contribution in [0, 0.1) is 0 Å². The van der Waals surface area contributed by atoms with Crippen LogP contribution in [0.2, 0.25) is 0 Å². The molecular weight excluding hydrogens is 857 g/mol. The molecule has 0 fully saturated rings. The molecule has 0 radical (unpaired) electrons. The molecule has 0 spiro atoms. The summed E-state index contributed by atoms with van der Waals surface area (Å²) in [5.41, 5.74) is 23.8. The molecule has 13 rings (SSSR count). The van der Waals surface area contributed by atoms with Crippen LogP contribution in [0.4, 0.5) is 34.1 Å². The van der Waals surface area contributed by atoms with E-state index in [0.29, 0.717) is 0 Å². The molecule has 2 heteroatoms. The van der Waals surface area contributed by atoms with Crippen molar-refractivity contribution in [2.24, 2.45) is 0 Å². The molecule has 0 bridgehead atoms. The third kappa shape index (κ3) is 6.26. The molecule has 2 aliphatic heterocycles. The highest BCUT2D eigenvalue weighted by atomic mass is 15.2. The first-order valence-electron chi connectivity index (χ1n) is 25.5. The van der Waals surface area contributed by atoms with Crippen LogP contribution in [0.1, 0.15) is 101 Å². The smallest absolute Gasteiger partial charge is 0.0502 e. The number of hydrogen-bond acceptors (Lipinski definition) is 2. The zero-order valence-electron chi connectivity index (χ0n) is 42.4. The van der Waals surface area contributed by atoms with E-state index < -0.39 is 0 Å². The minimum Gasteiger partial charge on any atom is -0.310 e. The zero-order valence-corrected chi connectivity index (χ0v) is 42.4. The van der Waals surface area contributed by atoms with Crippen LogP contribution in [0.15, 0.2) is 200 Å². The van der Waals surface area contributed by atoms with Gasteiger partial charge in [-0.25, -0.2) is 0 Å². The van der Waals surface area contributed by atoms with Crippen molar-refractivity contribution in [3.63, 3.8) is 0 Å². The van der Waals surface area contributed by atoms with Crippen molar-refractivity contribution >= 4 is 55.7 Å². The molecule has 0 atom stereocenters. The Balaban J connectivity index is 1.14. The molecule has 10 aromatic carbocycles. The van der Waals surface area contributed by atoms with E-state index in [1.807, 2.05) is 0 Å². The first-order chi connectivity index (χ1) is 34.1. The predicted octanol–water partition coefficient (Wildman–Crippen LogP) is 19.1. The van der Waals surface area contributed by atoms with Crippen LogP contribution in [0.25, 0.3) is 54.9 Å². The molecule has 0 saturated carbocycles. The van der Waals surface area contributed by atoms with Crippen molar-refractivity contribution < 1.29 is 0 Å². The second-order valence-electron chi connectivity index (χ2n) is 23.0. The summed E-state index contributed by atoms with van der Waals surface area (Å²) in [4.78, 5) is 5.02. The van der Waals surface area contributed by atoms with Gasteiger partial charge in [-0.3, -0.25) is 0 Å². The van der Waals surface area contributed by atoms with Crippen LogP contribution in [0.5, 0.6) is 0 Å². The lowest BCUT2D eigenvalue weighted by Crippen LogP contribution is -2.30. The fourth-order valence-corrected chi connectivity index (χ4v) is 13.0. The van der Waals surface area contributed by atoms with E-state index in [0.717, 1.165) is 11.4 Å². The topological polar surface area (TPSA) is 6.48 Å². The molecular formula is C69H60N2. The largest absolute Gasteiger partial charge is 0.310 e. The molecule has 0 unspecified atom stereocenters. The van der Waals surface area contributed by atoms with Crippen molar-refractivity contribution in [2.75, 3.05) is 9.80 Å². The van der Waals surface area contributed by atoms with E-state index in [9.17, 15) is 0 Å². The maximum atomic E-state index is 2.52. The van der Waals surface area contributed by atoms with E-state index >= 15 is 0 Å². The lowest BCUT2D eigenvalue weighted by Gasteiger charge is -2.42. The highest BCUT2D eigenvalue weighted by molar-refractivity contribution is 6.23. The Morgan fingerprint density at radius 3 is 1.13 bits per heavy atom. The average Bonchev–Trinajstić information content (AvgIpc) is 3.60. The number of para-hydroxylation sites is 4. The standard InChI is InChI=1S/C69H60N2/c1-66(2,3)45-33-30-43(31-34-45)64-50-38-35-47(71-62-28-18-14-24-57(62)69(8,9)58-25-15-19-29-63(58)71)42-53(50)65(44-32-37-49-48-20-10-11-21-54(48)67(4,5)59(49)40-44)51-39-36-46(41-52(51)64)70-60-26-16-12-22-55(60)68(6,7)56-23-13-17-27-61(56)70/h10-42H,1-9H3. The van der Waals surface area contributed by atoms with Crippen LogP contribution in [0.3, 0.4) is 0 Å². The third-order valence-electron chi connectivity index (χ3n) is 16.8. The van der Waals surface area contributed by atoms with E-state index in [4.69, 9.17) is 0 Å². The zero-order chi connectivity index (χ0) is 48.8. The number of nitrogens with zero attached hydrogens (tertiary/aromatic N) is 2. The summed E-state index contributed by atoms with van der Waals surface area (Å²) in [5, 5.41) is 4.95. The van der Waals surface area contributed by atoms with Crippen LogP contribution >= 0.6 is 0 Å². The Morgan fingerprint density at radius 2 is 0.676 bits per heavy atom. The van der Waals surface area contributed by atoms with E-state index in [2.05, 4.69) is 272 Å². The van der Waals surface area contributed by atoms with Gasteiger partial charge in [-0.2, -0.15) is 0 Å². The second kappa shape index (κ2) is 15.2. The summed E-state index contributed by atoms with van der Waals surface area (Å²) in [6.45, 7) is 21.2. The molecule has 346 valence electrons. The Labute approximate surface area is 419 Å². The molecule has 0 N–H and O–H groups in total. The Morgan fingerprint density at radius 1 is 0.310 bits per heavy atom. The fourth-order valence-electron chi connectivity index (χ4n) is 13.0. The highest BCUT2D eigenvalue weighted by Gasteiger charge is 2.39. The highest BCUT2D eigenvalue weighted by Crippen LogP contribution is 2.57. The van der Waals surface area contributed by atoms with Crippen molar-refractivity contribution in [1.29, 1.82) is 0 Å². The number of benzene rings is 10. The molecule has 0 aromatic heterocycles. The minimum atomic E-state index is -0.161. The van der Waals surface area contributed by atoms with Crippen molar-refractivity contribution in [1.82, 2.24) is 0 Å². The molecule has 2 heterocycles. The Bertz CT molecular complexity index is 3740. The minimum absolute atomic E-state index is 0.0218. The normalized spacial score (nSPS) is 15.7. The molecule has 2 nitrogen and oxygen atoms in total. The predicted molar refractivity (Wildman–Crippen MR) is 302 cm³/mol. The van der Waals surface area contributed by atoms with Crippen molar-refractivity contribution in [3.05, 3.63) is 239 Å². The van der Waals surface area contributed by atoms with Gasteiger partial charge in [0.05, 0.1) is 22.7 Å².